The molecule has 1 fully saturated rings. The molecule has 2 rings (SSSR count). The Balaban J connectivity index is 2.57. The van der Waals surface area contributed by atoms with Gasteiger partial charge in [-0.1, -0.05) is 0 Å². The van der Waals surface area contributed by atoms with E-state index in [-0.39, 0.29) is 12.3 Å². The van der Waals surface area contributed by atoms with Gasteiger partial charge in [0.1, 0.15) is 0 Å². The summed E-state index contributed by atoms with van der Waals surface area (Å²) in [6.07, 6.45) is -4.01. The van der Waals surface area contributed by atoms with E-state index in [2.05, 4.69) is 4.99 Å². The minimum atomic E-state index is -4.85. The molecule has 1 amide bonds. The second kappa shape index (κ2) is 6.30. The number of hydrogen-bond acceptors (Lipinski definition) is 3. The number of amides is 1. The number of anilines is 1. The van der Waals surface area contributed by atoms with Gasteiger partial charge in [-0.25, -0.2) is 8.42 Å². The van der Waals surface area contributed by atoms with E-state index in [9.17, 15) is 26.4 Å². The van der Waals surface area contributed by atoms with Gasteiger partial charge < -0.3 is 11.5 Å². The van der Waals surface area contributed by atoms with Crippen LogP contribution in [0.2, 0.25) is 0 Å². The highest BCUT2D eigenvalue weighted by atomic mass is 32.2. The van der Waals surface area contributed by atoms with Gasteiger partial charge in [-0.2, -0.15) is 18.2 Å². The van der Waals surface area contributed by atoms with Crippen LogP contribution in [0.3, 0.4) is 0 Å². The average molecular weight is 364 g/mol. The minimum Gasteiger partial charge on any atom is -0.370 e. The Kier molecular flexibility index (Phi) is 4.74. The number of rotatable bonds is 2. The SMILES string of the molecule is NC(N)=NC(=O)c1ccc(N2CCCCS2(=O)=O)c(C(F)(F)F)c1. The van der Waals surface area contributed by atoms with Crippen LogP contribution in [0.1, 0.15) is 28.8 Å². The van der Waals surface area contributed by atoms with Crippen LogP contribution in [0.25, 0.3) is 0 Å². The van der Waals surface area contributed by atoms with Crippen molar-refractivity contribution in [2.75, 3.05) is 16.6 Å². The van der Waals surface area contributed by atoms with Gasteiger partial charge in [0, 0.05) is 12.1 Å². The number of benzene rings is 1. The van der Waals surface area contributed by atoms with Gasteiger partial charge in [0.2, 0.25) is 10.0 Å². The van der Waals surface area contributed by atoms with E-state index in [1.807, 2.05) is 0 Å². The number of carbonyl (C=O) groups is 1. The molecule has 0 atom stereocenters. The van der Waals surface area contributed by atoms with Crippen molar-refractivity contribution in [2.45, 2.75) is 19.0 Å². The molecule has 11 heteroatoms. The lowest BCUT2D eigenvalue weighted by molar-refractivity contribution is -0.137. The molecule has 1 aliphatic rings. The fraction of sp³-hybridized carbons (Fsp3) is 0.385. The molecule has 1 heterocycles. The zero-order chi connectivity index (χ0) is 18.1. The molecule has 0 saturated carbocycles. The van der Waals surface area contributed by atoms with E-state index in [1.54, 1.807) is 0 Å². The van der Waals surface area contributed by atoms with Crippen molar-refractivity contribution in [3.8, 4) is 0 Å². The lowest BCUT2D eigenvalue weighted by Crippen LogP contribution is -2.39. The Bertz CT molecular complexity index is 786. The smallest absolute Gasteiger partial charge is 0.370 e. The first-order chi connectivity index (χ1) is 11.0. The topological polar surface area (TPSA) is 119 Å². The maximum atomic E-state index is 13.3. The number of nitrogens with zero attached hydrogens (tertiary/aromatic N) is 2. The third-order valence-corrected chi connectivity index (χ3v) is 5.25. The highest BCUT2D eigenvalue weighted by molar-refractivity contribution is 7.92. The van der Waals surface area contributed by atoms with Gasteiger partial charge in [0.15, 0.2) is 5.96 Å². The molecule has 1 aromatic carbocycles. The predicted octanol–water partition coefficient (Wildman–Crippen LogP) is 1.05. The van der Waals surface area contributed by atoms with Crippen LogP contribution in [0.15, 0.2) is 23.2 Å². The Morgan fingerprint density at radius 2 is 1.88 bits per heavy atom. The van der Waals surface area contributed by atoms with Crippen molar-refractivity contribution >= 4 is 27.6 Å². The normalized spacial score (nSPS) is 17.4. The van der Waals surface area contributed by atoms with E-state index in [1.165, 1.54) is 0 Å². The molecule has 0 radical (unpaired) electrons. The monoisotopic (exact) mass is 364 g/mol. The van der Waals surface area contributed by atoms with Crippen LogP contribution >= 0.6 is 0 Å². The molecule has 1 aromatic rings. The largest absolute Gasteiger partial charge is 0.418 e. The number of aliphatic imine (C=N–C) groups is 1. The summed E-state index contributed by atoms with van der Waals surface area (Å²) < 4.78 is 64.9. The number of guanidine groups is 1. The molecule has 24 heavy (non-hydrogen) atoms. The van der Waals surface area contributed by atoms with Crippen LogP contribution in [0.4, 0.5) is 18.9 Å². The van der Waals surface area contributed by atoms with Crippen molar-refractivity contribution < 1.29 is 26.4 Å². The van der Waals surface area contributed by atoms with Gasteiger partial charge in [-0.15, -0.1) is 0 Å². The number of hydrogen-bond donors (Lipinski definition) is 2. The molecule has 0 unspecified atom stereocenters. The number of alkyl halides is 3. The lowest BCUT2D eigenvalue weighted by atomic mass is 10.1. The average Bonchev–Trinajstić information content (AvgIpc) is 2.44. The number of sulfonamides is 1. The minimum absolute atomic E-state index is 0.0490. The summed E-state index contributed by atoms with van der Waals surface area (Å²) in [6.45, 7) is -0.0490. The third kappa shape index (κ3) is 3.78. The zero-order valence-corrected chi connectivity index (χ0v) is 13.2. The second-order valence-electron chi connectivity index (χ2n) is 5.17. The summed E-state index contributed by atoms with van der Waals surface area (Å²) in [5, 5.41) is 0. The fourth-order valence-corrected chi connectivity index (χ4v) is 4.01. The van der Waals surface area contributed by atoms with Gasteiger partial charge in [-0.3, -0.25) is 9.10 Å². The van der Waals surface area contributed by atoms with Crippen LogP contribution < -0.4 is 15.8 Å². The van der Waals surface area contributed by atoms with Crippen molar-refractivity contribution in [2.24, 2.45) is 16.5 Å². The molecule has 0 aliphatic carbocycles. The Labute approximate surface area is 136 Å². The van der Waals surface area contributed by atoms with Gasteiger partial charge >= 0.3 is 6.18 Å². The van der Waals surface area contributed by atoms with E-state index < -0.39 is 44.9 Å². The van der Waals surface area contributed by atoms with Crippen molar-refractivity contribution in [3.63, 3.8) is 0 Å². The predicted molar refractivity (Wildman–Crippen MR) is 82.0 cm³/mol. The Hall–Kier alpha value is -2.30. The molecule has 0 bridgehead atoms. The maximum absolute atomic E-state index is 13.3. The van der Waals surface area contributed by atoms with Crippen LogP contribution in [0.5, 0.6) is 0 Å². The Morgan fingerprint density at radius 1 is 1.21 bits per heavy atom. The highest BCUT2D eigenvalue weighted by Gasteiger charge is 2.38. The van der Waals surface area contributed by atoms with E-state index >= 15 is 0 Å². The third-order valence-electron chi connectivity index (χ3n) is 3.40. The summed E-state index contributed by atoms with van der Waals surface area (Å²) in [5.74, 6) is -1.86. The summed E-state index contributed by atoms with van der Waals surface area (Å²) in [5.41, 5.74) is 7.93. The first-order valence-electron chi connectivity index (χ1n) is 6.88. The summed E-state index contributed by atoms with van der Waals surface area (Å²) in [7, 11) is -3.83. The molecule has 4 N–H and O–H groups in total. The molecular weight excluding hydrogens is 349 g/mol. The van der Waals surface area contributed by atoms with E-state index in [0.717, 1.165) is 16.4 Å². The molecule has 0 spiro atoms. The van der Waals surface area contributed by atoms with Gasteiger partial charge in [0.25, 0.3) is 5.91 Å². The number of halogens is 3. The fourth-order valence-electron chi connectivity index (χ4n) is 2.35. The van der Waals surface area contributed by atoms with Gasteiger partial charge in [-0.05, 0) is 31.0 Å². The van der Waals surface area contributed by atoms with Gasteiger partial charge in [0.05, 0.1) is 17.0 Å². The standard InChI is InChI=1S/C13H15F3N4O3S/c14-13(15,16)9-7-8(11(21)19-12(17)18)3-4-10(9)20-5-1-2-6-24(20,22)23/h3-4,7H,1-2,5-6H2,(H4,17,18,19,21). The first kappa shape index (κ1) is 18.0. The lowest BCUT2D eigenvalue weighted by Gasteiger charge is -2.30. The van der Waals surface area contributed by atoms with E-state index in [4.69, 9.17) is 11.5 Å². The number of carbonyl (C=O) groups excluding carboxylic acids is 1. The maximum Gasteiger partial charge on any atom is 0.418 e. The number of nitrogens with two attached hydrogens (primary N) is 2. The molecule has 132 valence electrons. The summed E-state index contributed by atoms with van der Waals surface area (Å²) >= 11 is 0. The highest BCUT2D eigenvalue weighted by Crippen LogP contribution is 2.39. The Morgan fingerprint density at radius 3 is 2.42 bits per heavy atom. The quantitative estimate of drug-likeness (QED) is 0.600. The molecule has 1 aliphatic heterocycles. The van der Waals surface area contributed by atoms with Crippen LogP contribution in [0, 0.1) is 0 Å². The molecule has 7 nitrogen and oxygen atoms in total. The summed E-state index contributed by atoms with van der Waals surface area (Å²) in [4.78, 5) is 14.9. The molecular formula is C13H15F3N4O3S. The van der Waals surface area contributed by atoms with Crippen LogP contribution in [-0.4, -0.2) is 32.6 Å². The molecule has 0 aromatic heterocycles. The van der Waals surface area contributed by atoms with Crippen LogP contribution in [-0.2, 0) is 16.2 Å². The summed E-state index contributed by atoms with van der Waals surface area (Å²) in [6, 6.07) is 2.55. The molecule has 1 saturated heterocycles. The van der Waals surface area contributed by atoms with E-state index in [0.29, 0.717) is 18.9 Å². The second-order valence-corrected chi connectivity index (χ2v) is 7.18. The zero-order valence-electron chi connectivity index (χ0n) is 12.4. The van der Waals surface area contributed by atoms with Crippen molar-refractivity contribution in [1.29, 1.82) is 0 Å². The van der Waals surface area contributed by atoms with Crippen molar-refractivity contribution in [1.82, 2.24) is 0 Å². The first-order valence-corrected chi connectivity index (χ1v) is 8.49. The van der Waals surface area contributed by atoms with Crippen molar-refractivity contribution in [3.05, 3.63) is 29.3 Å².